The molecular weight excluding hydrogens is 359 g/mol. The number of hydrogen-bond donors (Lipinski definition) is 0. The van der Waals surface area contributed by atoms with Crippen molar-refractivity contribution >= 4 is 44.7 Å². The van der Waals surface area contributed by atoms with Gasteiger partial charge in [-0.15, -0.1) is 0 Å². The van der Waals surface area contributed by atoms with Crippen LogP contribution in [0.5, 0.6) is 0 Å². The molecule has 0 aliphatic carbocycles. The summed E-state index contributed by atoms with van der Waals surface area (Å²) in [6.07, 6.45) is 4.08. The van der Waals surface area contributed by atoms with Gasteiger partial charge in [-0.1, -0.05) is 0 Å². The molecule has 3 aromatic heterocycles. The van der Waals surface area contributed by atoms with E-state index in [-0.39, 0.29) is 14.5 Å². The molecule has 5 rings (SSSR count). The van der Waals surface area contributed by atoms with Crippen LogP contribution in [0.15, 0.2) is 73.1 Å². The Morgan fingerprint density at radius 2 is 1.67 bits per heavy atom. The molecule has 2 nitrogen and oxygen atoms in total. The van der Waals surface area contributed by atoms with E-state index in [1.165, 1.54) is 35.9 Å². The van der Waals surface area contributed by atoms with Gasteiger partial charge in [-0.3, -0.25) is 0 Å². The van der Waals surface area contributed by atoms with E-state index >= 15 is 0 Å². The van der Waals surface area contributed by atoms with Crippen LogP contribution in [0.3, 0.4) is 0 Å². The zero-order chi connectivity index (χ0) is 16.1. The summed E-state index contributed by atoms with van der Waals surface area (Å²) in [6.45, 7) is 0. The number of benzene rings is 2. The zero-order valence-corrected chi connectivity index (χ0v) is 14.9. The molecule has 0 fully saturated rings. The number of hydrogen-bond acceptors (Lipinski definition) is 1. The Kier molecular flexibility index (Phi) is 3.05. The Morgan fingerprint density at radius 1 is 0.833 bits per heavy atom. The maximum absolute atomic E-state index is 4.67. The van der Waals surface area contributed by atoms with E-state index in [9.17, 15) is 0 Å². The number of aryl methyl sites for hydroxylation is 1. The van der Waals surface area contributed by atoms with Crippen molar-refractivity contribution in [1.29, 1.82) is 0 Å². The average molecular weight is 374 g/mol. The molecule has 0 radical (unpaired) electrons. The van der Waals surface area contributed by atoms with E-state index in [0.29, 0.717) is 0 Å². The van der Waals surface area contributed by atoms with Crippen molar-refractivity contribution in [2.75, 3.05) is 0 Å². The normalized spacial score (nSPS) is 11.5. The molecule has 0 bridgehead atoms. The second kappa shape index (κ2) is 5.27. The summed E-state index contributed by atoms with van der Waals surface area (Å²) in [5.74, 6) is 0. The molecule has 0 spiro atoms. The monoisotopic (exact) mass is 375 g/mol. The van der Waals surface area contributed by atoms with Gasteiger partial charge in [0.2, 0.25) is 0 Å². The predicted octanol–water partition coefficient (Wildman–Crippen LogP) is 4.09. The average Bonchev–Trinajstić information content (AvgIpc) is 3.01. The molecule has 0 saturated carbocycles. The summed E-state index contributed by atoms with van der Waals surface area (Å²) in [5.41, 5.74) is 3.77. The molecule has 5 aromatic rings. The van der Waals surface area contributed by atoms with E-state index in [1.54, 1.807) is 0 Å². The van der Waals surface area contributed by atoms with Crippen LogP contribution in [0, 0.1) is 0 Å². The van der Waals surface area contributed by atoms with Gasteiger partial charge in [0.1, 0.15) is 0 Å². The third-order valence-electron chi connectivity index (χ3n) is 4.55. The zero-order valence-electron chi connectivity index (χ0n) is 13.2. The molecule has 0 unspecified atom stereocenters. The molecule has 3 heterocycles. The van der Waals surface area contributed by atoms with Gasteiger partial charge in [0, 0.05) is 0 Å². The fourth-order valence-corrected chi connectivity index (χ4v) is 6.36. The Morgan fingerprint density at radius 3 is 2.54 bits per heavy atom. The minimum atomic E-state index is 0.267. The van der Waals surface area contributed by atoms with Crippen LogP contribution in [0.2, 0.25) is 0 Å². The number of fused-ring (bicyclic) bond motifs is 5. The molecule has 0 aliphatic heterocycles. The molecule has 0 amide bonds. The van der Waals surface area contributed by atoms with E-state index in [1.807, 2.05) is 12.3 Å². The first kappa shape index (κ1) is 13.9. The summed E-state index contributed by atoms with van der Waals surface area (Å²) in [7, 11) is 2.14. The molecule has 3 heteroatoms. The Bertz CT molecular complexity index is 1210. The fourth-order valence-electron chi connectivity index (χ4n) is 3.41. The van der Waals surface area contributed by atoms with Gasteiger partial charge in [0.15, 0.2) is 0 Å². The van der Waals surface area contributed by atoms with Crippen molar-refractivity contribution in [2.24, 2.45) is 7.05 Å². The molecule has 24 heavy (non-hydrogen) atoms. The standard InChI is InChI=1S/C21H15N2Se/c1-23-13-11-17-16-10-9-14-8-5-12-22-18(14)20(16)24-21(17)19(23)15-6-3-2-4-7-15/h2-13H,1H3/q+1. The van der Waals surface area contributed by atoms with E-state index < -0.39 is 0 Å². The molecule has 0 saturated heterocycles. The van der Waals surface area contributed by atoms with Crippen LogP contribution < -0.4 is 4.57 Å². The molecule has 0 atom stereocenters. The summed E-state index contributed by atoms with van der Waals surface area (Å²) < 4.78 is 5.13. The second-order valence-electron chi connectivity index (χ2n) is 6.00. The topological polar surface area (TPSA) is 16.8 Å². The van der Waals surface area contributed by atoms with E-state index in [4.69, 9.17) is 0 Å². The molecular formula is C21H15N2Se+. The molecule has 0 N–H and O–H groups in total. The van der Waals surface area contributed by atoms with Crippen LogP contribution in [0.1, 0.15) is 0 Å². The van der Waals surface area contributed by atoms with Crippen LogP contribution in [0.4, 0.5) is 0 Å². The number of pyridine rings is 2. The summed E-state index contributed by atoms with van der Waals surface area (Å²) >= 11 is 0.267. The molecule has 2 aromatic carbocycles. The SMILES string of the molecule is C[n+]1ccc2c([se]c3c2ccc2cccnc23)c1-c1ccccc1. The second-order valence-corrected chi connectivity index (χ2v) is 8.14. The summed E-state index contributed by atoms with van der Waals surface area (Å²) in [6, 6.07) is 21.6. The van der Waals surface area contributed by atoms with Crippen LogP contribution in [-0.2, 0) is 7.05 Å². The number of aromatic nitrogens is 2. The van der Waals surface area contributed by atoms with Crippen molar-refractivity contribution in [1.82, 2.24) is 4.98 Å². The molecule has 114 valence electrons. The van der Waals surface area contributed by atoms with Gasteiger partial charge in [0.25, 0.3) is 0 Å². The Hall–Kier alpha value is -2.48. The number of rotatable bonds is 1. The first-order valence-electron chi connectivity index (χ1n) is 7.97. The Labute approximate surface area is 145 Å². The summed E-state index contributed by atoms with van der Waals surface area (Å²) in [4.78, 5) is 4.67. The Balaban J connectivity index is 1.97. The van der Waals surface area contributed by atoms with Crippen molar-refractivity contribution in [3.8, 4) is 11.3 Å². The van der Waals surface area contributed by atoms with E-state index in [0.717, 1.165) is 5.52 Å². The van der Waals surface area contributed by atoms with Gasteiger partial charge < -0.3 is 0 Å². The van der Waals surface area contributed by atoms with E-state index in [2.05, 4.69) is 77.4 Å². The summed E-state index contributed by atoms with van der Waals surface area (Å²) in [5, 5.41) is 3.96. The quantitative estimate of drug-likeness (QED) is 0.319. The van der Waals surface area contributed by atoms with Gasteiger partial charge in [-0.2, -0.15) is 0 Å². The van der Waals surface area contributed by atoms with Crippen molar-refractivity contribution in [3.05, 3.63) is 73.1 Å². The van der Waals surface area contributed by atoms with Crippen LogP contribution in [0.25, 0.3) is 41.5 Å². The van der Waals surface area contributed by atoms with Crippen LogP contribution >= 0.6 is 0 Å². The first-order valence-corrected chi connectivity index (χ1v) is 9.68. The van der Waals surface area contributed by atoms with Gasteiger partial charge in [-0.05, 0) is 0 Å². The van der Waals surface area contributed by atoms with Gasteiger partial charge >= 0.3 is 146 Å². The van der Waals surface area contributed by atoms with Crippen molar-refractivity contribution in [3.63, 3.8) is 0 Å². The minimum absolute atomic E-state index is 0.267. The van der Waals surface area contributed by atoms with Crippen molar-refractivity contribution < 1.29 is 4.57 Å². The first-order chi connectivity index (χ1) is 11.8. The van der Waals surface area contributed by atoms with Crippen LogP contribution in [-0.4, -0.2) is 19.5 Å². The number of nitrogens with zero attached hydrogens (tertiary/aromatic N) is 2. The van der Waals surface area contributed by atoms with Crippen molar-refractivity contribution in [2.45, 2.75) is 0 Å². The maximum atomic E-state index is 4.67. The third-order valence-corrected chi connectivity index (χ3v) is 7.14. The molecule has 0 aliphatic rings. The van der Waals surface area contributed by atoms with Gasteiger partial charge in [0.05, 0.1) is 0 Å². The third kappa shape index (κ3) is 1.95. The predicted molar refractivity (Wildman–Crippen MR) is 100 cm³/mol. The van der Waals surface area contributed by atoms with Gasteiger partial charge in [-0.25, -0.2) is 0 Å². The fraction of sp³-hybridized carbons (Fsp3) is 0.0476.